The summed E-state index contributed by atoms with van der Waals surface area (Å²) in [5, 5.41) is 0.0860. The molecule has 1 aliphatic rings. The van der Waals surface area contributed by atoms with Crippen molar-refractivity contribution in [1.82, 2.24) is 4.90 Å². The normalized spacial score (nSPS) is 17.5. The Morgan fingerprint density at radius 1 is 1.14 bits per heavy atom. The quantitative estimate of drug-likeness (QED) is 0.699. The van der Waals surface area contributed by atoms with Crippen molar-refractivity contribution in [2.24, 2.45) is 5.92 Å². The van der Waals surface area contributed by atoms with Crippen LogP contribution in [0.3, 0.4) is 0 Å². The summed E-state index contributed by atoms with van der Waals surface area (Å²) in [6, 6.07) is 7.91. The van der Waals surface area contributed by atoms with E-state index in [-0.39, 0.29) is 11.3 Å². The molecule has 0 bridgehead atoms. The zero-order valence-corrected chi connectivity index (χ0v) is 13.9. The van der Waals surface area contributed by atoms with Gasteiger partial charge >= 0.3 is 0 Å². The van der Waals surface area contributed by atoms with Crippen molar-refractivity contribution in [2.75, 3.05) is 13.1 Å². The second kappa shape index (κ2) is 7.84. The number of hydrogen-bond acceptors (Lipinski definition) is 1. The minimum atomic E-state index is 0.0860. The Morgan fingerprint density at radius 3 is 2.24 bits per heavy atom. The van der Waals surface area contributed by atoms with E-state index in [2.05, 4.69) is 0 Å². The van der Waals surface area contributed by atoms with Crippen molar-refractivity contribution < 1.29 is 4.79 Å². The van der Waals surface area contributed by atoms with Crippen molar-refractivity contribution in [3.63, 3.8) is 0 Å². The van der Waals surface area contributed by atoms with E-state index >= 15 is 0 Å². The van der Waals surface area contributed by atoms with E-state index in [1.165, 1.54) is 32.1 Å². The average molecular weight is 308 g/mol. The molecule has 1 amide bonds. The second-order valence-corrected chi connectivity index (χ2v) is 6.37. The maximum atomic E-state index is 12.3. The van der Waals surface area contributed by atoms with E-state index in [1.807, 2.05) is 43.0 Å². The number of amides is 1. The van der Waals surface area contributed by atoms with E-state index < -0.39 is 0 Å². The first-order chi connectivity index (χ1) is 10.2. The van der Waals surface area contributed by atoms with Crippen molar-refractivity contribution in [2.45, 2.75) is 51.3 Å². The molecule has 1 aromatic rings. The lowest BCUT2D eigenvalue weighted by Crippen LogP contribution is -2.30. The Hall–Kier alpha value is -1.02. The number of nitrogens with zero attached hydrogens (tertiary/aromatic N) is 1. The minimum absolute atomic E-state index is 0.0860. The van der Waals surface area contributed by atoms with Crippen LogP contribution in [0, 0.1) is 5.92 Å². The SMILES string of the molecule is CCN(CC)C(=O)c1ccc(C(Cl)C2CCCCC2)cc1. The van der Waals surface area contributed by atoms with E-state index in [4.69, 9.17) is 11.6 Å². The monoisotopic (exact) mass is 307 g/mol. The smallest absolute Gasteiger partial charge is 0.253 e. The molecule has 0 spiro atoms. The van der Waals surface area contributed by atoms with Crippen LogP contribution in [-0.2, 0) is 0 Å². The van der Waals surface area contributed by atoms with Crippen LogP contribution < -0.4 is 0 Å². The molecule has 0 aliphatic heterocycles. The first kappa shape index (κ1) is 16.4. The van der Waals surface area contributed by atoms with Gasteiger partial charge in [-0.15, -0.1) is 11.6 Å². The zero-order chi connectivity index (χ0) is 15.2. The first-order valence-electron chi connectivity index (χ1n) is 8.20. The highest BCUT2D eigenvalue weighted by Gasteiger charge is 2.23. The molecule has 21 heavy (non-hydrogen) atoms. The van der Waals surface area contributed by atoms with E-state index in [0.717, 1.165) is 24.2 Å². The van der Waals surface area contributed by atoms with Gasteiger partial charge in [-0.1, -0.05) is 31.4 Å². The topological polar surface area (TPSA) is 20.3 Å². The van der Waals surface area contributed by atoms with Gasteiger partial charge in [0.05, 0.1) is 5.38 Å². The lowest BCUT2D eigenvalue weighted by atomic mass is 9.84. The molecule has 0 radical (unpaired) electrons. The van der Waals surface area contributed by atoms with Gasteiger partial charge in [-0.25, -0.2) is 0 Å². The molecular weight excluding hydrogens is 282 g/mol. The minimum Gasteiger partial charge on any atom is -0.339 e. The summed E-state index contributed by atoms with van der Waals surface area (Å²) < 4.78 is 0. The number of carbonyl (C=O) groups is 1. The van der Waals surface area contributed by atoms with Gasteiger partial charge in [0.15, 0.2) is 0 Å². The zero-order valence-electron chi connectivity index (χ0n) is 13.1. The Labute approximate surface area is 133 Å². The molecule has 2 rings (SSSR count). The number of hydrogen-bond donors (Lipinski definition) is 0. The predicted molar refractivity (Wildman–Crippen MR) is 88.9 cm³/mol. The maximum Gasteiger partial charge on any atom is 0.253 e. The van der Waals surface area contributed by atoms with Gasteiger partial charge in [-0.3, -0.25) is 4.79 Å². The van der Waals surface area contributed by atoms with Gasteiger partial charge < -0.3 is 4.90 Å². The molecule has 2 nitrogen and oxygen atoms in total. The van der Waals surface area contributed by atoms with Gasteiger partial charge in [0.1, 0.15) is 0 Å². The molecule has 1 aliphatic carbocycles. The number of alkyl halides is 1. The molecule has 1 atom stereocenters. The summed E-state index contributed by atoms with van der Waals surface area (Å²) in [6.45, 7) is 5.51. The highest BCUT2D eigenvalue weighted by Crippen LogP contribution is 2.38. The highest BCUT2D eigenvalue weighted by atomic mass is 35.5. The van der Waals surface area contributed by atoms with Crippen molar-refractivity contribution >= 4 is 17.5 Å². The van der Waals surface area contributed by atoms with Crippen LogP contribution in [-0.4, -0.2) is 23.9 Å². The fourth-order valence-electron chi connectivity index (χ4n) is 3.20. The van der Waals surface area contributed by atoms with Crippen LogP contribution in [0.15, 0.2) is 24.3 Å². The van der Waals surface area contributed by atoms with Gasteiger partial charge in [0.25, 0.3) is 5.91 Å². The number of benzene rings is 1. The Balaban J connectivity index is 2.05. The highest BCUT2D eigenvalue weighted by molar-refractivity contribution is 6.21. The number of carbonyl (C=O) groups excluding carboxylic acids is 1. The Kier molecular flexibility index (Phi) is 6.10. The van der Waals surface area contributed by atoms with Crippen molar-refractivity contribution in [1.29, 1.82) is 0 Å². The third-order valence-electron chi connectivity index (χ3n) is 4.59. The van der Waals surface area contributed by atoms with Crippen molar-refractivity contribution in [3.05, 3.63) is 35.4 Å². The third-order valence-corrected chi connectivity index (χ3v) is 5.20. The molecule has 0 N–H and O–H groups in total. The molecule has 3 heteroatoms. The maximum absolute atomic E-state index is 12.3. The summed E-state index contributed by atoms with van der Waals surface area (Å²) in [5.74, 6) is 0.695. The molecule has 1 aromatic carbocycles. The average Bonchev–Trinajstić information content (AvgIpc) is 2.56. The summed E-state index contributed by atoms with van der Waals surface area (Å²) in [5.41, 5.74) is 1.91. The van der Waals surface area contributed by atoms with E-state index in [0.29, 0.717) is 5.92 Å². The molecule has 0 aromatic heterocycles. The van der Waals surface area contributed by atoms with E-state index in [1.54, 1.807) is 0 Å². The van der Waals surface area contributed by atoms with Gasteiger partial charge in [-0.05, 0) is 50.3 Å². The van der Waals surface area contributed by atoms with E-state index in [9.17, 15) is 4.79 Å². The summed E-state index contributed by atoms with van der Waals surface area (Å²) in [7, 11) is 0. The number of halogens is 1. The molecule has 116 valence electrons. The summed E-state index contributed by atoms with van der Waals surface area (Å²) >= 11 is 6.64. The largest absolute Gasteiger partial charge is 0.339 e. The van der Waals surface area contributed by atoms with Crippen LogP contribution in [0.5, 0.6) is 0 Å². The second-order valence-electron chi connectivity index (χ2n) is 5.90. The third kappa shape index (κ3) is 4.00. The molecule has 1 unspecified atom stereocenters. The molecule has 1 fully saturated rings. The van der Waals surface area contributed by atoms with Gasteiger partial charge in [-0.2, -0.15) is 0 Å². The van der Waals surface area contributed by atoms with Crippen LogP contribution in [0.1, 0.15) is 67.3 Å². The molecule has 0 saturated heterocycles. The van der Waals surface area contributed by atoms with Crippen LogP contribution in [0.25, 0.3) is 0 Å². The van der Waals surface area contributed by atoms with Crippen molar-refractivity contribution in [3.8, 4) is 0 Å². The number of rotatable bonds is 5. The Morgan fingerprint density at radius 2 is 1.71 bits per heavy atom. The lowest BCUT2D eigenvalue weighted by Gasteiger charge is -2.26. The molecule has 1 saturated carbocycles. The van der Waals surface area contributed by atoms with Crippen LogP contribution >= 0.6 is 11.6 Å². The fourth-order valence-corrected chi connectivity index (χ4v) is 3.60. The predicted octanol–water partition coefficient (Wildman–Crippen LogP) is 5.03. The standard InChI is InChI=1S/C18H26ClNO/c1-3-20(4-2)18(21)16-12-10-15(11-13-16)17(19)14-8-6-5-7-9-14/h10-14,17H,3-9H2,1-2H3. The molecular formula is C18H26ClNO. The summed E-state index contributed by atoms with van der Waals surface area (Å²) in [4.78, 5) is 14.1. The Bertz CT molecular complexity index is 447. The summed E-state index contributed by atoms with van der Waals surface area (Å²) in [6.07, 6.45) is 6.40. The lowest BCUT2D eigenvalue weighted by molar-refractivity contribution is 0.0773. The van der Waals surface area contributed by atoms with Gasteiger partial charge in [0.2, 0.25) is 0 Å². The van der Waals surface area contributed by atoms with Crippen LogP contribution in [0.4, 0.5) is 0 Å². The first-order valence-corrected chi connectivity index (χ1v) is 8.64. The van der Waals surface area contributed by atoms with Crippen LogP contribution in [0.2, 0.25) is 0 Å². The van der Waals surface area contributed by atoms with Gasteiger partial charge in [0, 0.05) is 18.7 Å². The fraction of sp³-hybridized carbons (Fsp3) is 0.611. The molecule has 0 heterocycles.